The highest BCUT2D eigenvalue weighted by Crippen LogP contribution is 2.26. The molecule has 1 aromatic heterocycles. The van der Waals surface area contributed by atoms with Crippen LogP contribution in [0.25, 0.3) is 0 Å². The zero-order valence-corrected chi connectivity index (χ0v) is 16.3. The van der Waals surface area contributed by atoms with Gasteiger partial charge in [-0.25, -0.2) is 9.78 Å². The summed E-state index contributed by atoms with van der Waals surface area (Å²) in [6.45, 7) is 4.23. The van der Waals surface area contributed by atoms with Crippen molar-refractivity contribution in [1.82, 2.24) is 25.4 Å². The van der Waals surface area contributed by atoms with Crippen LogP contribution in [0.3, 0.4) is 0 Å². The Balaban J connectivity index is 1.66. The summed E-state index contributed by atoms with van der Waals surface area (Å²) in [6.07, 6.45) is 1.94. The topological polar surface area (TPSA) is 113 Å². The number of carbonyl (C=O) groups excluding carboxylic acids is 1. The molecule has 0 bridgehead atoms. The maximum atomic E-state index is 11.6. The second-order valence-electron chi connectivity index (χ2n) is 6.59. The Morgan fingerprint density at radius 3 is 3.04 bits per heavy atom. The fourth-order valence-electron chi connectivity index (χ4n) is 3.39. The van der Waals surface area contributed by atoms with Crippen molar-refractivity contribution in [2.24, 2.45) is 0 Å². The van der Waals surface area contributed by atoms with E-state index in [0.29, 0.717) is 50.3 Å². The van der Waals surface area contributed by atoms with Crippen LogP contribution < -0.4 is 10.6 Å². The van der Waals surface area contributed by atoms with E-state index in [9.17, 15) is 14.9 Å². The van der Waals surface area contributed by atoms with Crippen LogP contribution in [0.5, 0.6) is 0 Å². The predicted octanol–water partition coefficient (Wildman–Crippen LogP) is 1.02. The van der Waals surface area contributed by atoms with Gasteiger partial charge in [0.15, 0.2) is 5.82 Å². The summed E-state index contributed by atoms with van der Waals surface area (Å²) >= 11 is 5.84. The molecule has 0 spiro atoms. The lowest BCUT2D eigenvalue weighted by molar-refractivity contribution is -0.432. The third kappa shape index (κ3) is 4.82. The molecule has 11 heteroatoms. The Bertz CT molecular complexity index is 757. The van der Waals surface area contributed by atoms with Crippen LogP contribution >= 0.6 is 11.6 Å². The van der Waals surface area contributed by atoms with E-state index in [-0.39, 0.29) is 23.2 Å². The number of alkyl carbamates (subject to hydrolysis) is 1. The lowest BCUT2D eigenvalue weighted by Gasteiger charge is -2.35. The number of amides is 1. The smallest absolute Gasteiger partial charge is 0.407 e. The summed E-state index contributed by atoms with van der Waals surface area (Å²) in [6, 6.07) is 3.71. The average Bonchev–Trinajstić information content (AvgIpc) is 3.06. The molecule has 1 unspecified atom stereocenters. The second kappa shape index (κ2) is 9.07. The summed E-state index contributed by atoms with van der Waals surface area (Å²) in [4.78, 5) is 30.7. The van der Waals surface area contributed by atoms with E-state index < -0.39 is 6.09 Å². The summed E-state index contributed by atoms with van der Waals surface area (Å²) in [7, 11) is 0. The minimum absolute atomic E-state index is 0.0636. The number of carbonyl (C=O) groups is 1. The van der Waals surface area contributed by atoms with Crippen LogP contribution in [-0.2, 0) is 11.2 Å². The zero-order valence-electron chi connectivity index (χ0n) is 15.6. The van der Waals surface area contributed by atoms with Gasteiger partial charge in [-0.2, -0.15) is 0 Å². The molecule has 2 N–H and O–H groups in total. The van der Waals surface area contributed by atoms with Crippen molar-refractivity contribution in [2.45, 2.75) is 19.4 Å². The Kier molecular flexibility index (Phi) is 6.53. The van der Waals surface area contributed by atoms with Crippen LogP contribution in [0.2, 0.25) is 5.15 Å². The number of ether oxygens (including phenoxy) is 1. The molecule has 0 radical (unpaired) electrons. The van der Waals surface area contributed by atoms with Gasteiger partial charge in [0, 0.05) is 25.8 Å². The quantitative estimate of drug-likeness (QED) is 0.389. The minimum atomic E-state index is -0.485. The van der Waals surface area contributed by atoms with Gasteiger partial charge in [0.25, 0.3) is 5.70 Å². The molecule has 1 saturated heterocycles. The van der Waals surface area contributed by atoms with Crippen molar-refractivity contribution in [3.05, 3.63) is 50.7 Å². The van der Waals surface area contributed by atoms with Gasteiger partial charge in [-0.1, -0.05) is 17.7 Å². The molecule has 2 aliphatic rings. The summed E-state index contributed by atoms with van der Waals surface area (Å²) < 4.78 is 4.83. The fraction of sp³-hybridized carbons (Fsp3) is 0.529. The molecule has 28 heavy (non-hydrogen) atoms. The molecule has 2 aliphatic heterocycles. The first-order valence-corrected chi connectivity index (χ1v) is 9.47. The number of rotatable bonds is 7. The molecular formula is C17H23ClN6O4. The van der Waals surface area contributed by atoms with Gasteiger partial charge in [-0.3, -0.25) is 15.0 Å². The van der Waals surface area contributed by atoms with E-state index in [0.717, 1.165) is 5.56 Å². The second-order valence-corrected chi connectivity index (χ2v) is 6.98. The Morgan fingerprint density at radius 1 is 1.54 bits per heavy atom. The molecule has 3 heterocycles. The van der Waals surface area contributed by atoms with Crippen molar-refractivity contribution in [3.63, 3.8) is 0 Å². The number of nitro groups is 1. The Hall–Kier alpha value is -2.59. The number of nitrogens with zero attached hydrogens (tertiary/aromatic N) is 4. The molecular weight excluding hydrogens is 388 g/mol. The molecule has 0 aromatic carbocycles. The van der Waals surface area contributed by atoms with Crippen LogP contribution in [0.4, 0.5) is 4.79 Å². The standard InChI is InChI=1S/C17H23ClN6O4/c1-2-28-17(25)19-5-6-22-10-14(24(26)27)16-21-9-13(23(16)11-22)7-12-3-4-15(18)20-8-12/h3-4,8,13,21H,2,5-7,9-11H2,1H3,(H,19,25). The van der Waals surface area contributed by atoms with Crippen LogP contribution in [0, 0.1) is 10.1 Å². The predicted molar refractivity (Wildman–Crippen MR) is 102 cm³/mol. The molecule has 152 valence electrons. The highest BCUT2D eigenvalue weighted by atomic mass is 35.5. The lowest BCUT2D eigenvalue weighted by Crippen LogP contribution is -2.49. The molecule has 1 amide bonds. The van der Waals surface area contributed by atoms with Gasteiger partial charge < -0.3 is 20.3 Å². The van der Waals surface area contributed by atoms with Gasteiger partial charge in [-0.15, -0.1) is 0 Å². The third-order valence-electron chi connectivity index (χ3n) is 4.69. The maximum absolute atomic E-state index is 11.6. The highest BCUT2D eigenvalue weighted by Gasteiger charge is 2.39. The summed E-state index contributed by atoms with van der Waals surface area (Å²) in [5.74, 6) is 0.575. The van der Waals surface area contributed by atoms with Gasteiger partial charge in [0.2, 0.25) is 0 Å². The van der Waals surface area contributed by atoms with Crippen molar-refractivity contribution >= 4 is 17.7 Å². The first-order valence-electron chi connectivity index (χ1n) is 9.09. The van der Waals surface area contributed by atoms with E-state index in [1.165, 1.54) is 0 Å². The Labute approximate surface area is 167 Å². The highest BCUT2D eigenvalue weighted by molar-refractivity contribution is 6.29. The molecule has 1 atom stereocenters. The van der Waals surface area contributed by atoms with E-state index in [1.807, 2.05) is 15.9 Å². The number of halogens is 1. The fourth-order valence-corrected chi connectivity index (χ4v) is 3.50. The molecule has 0 aliphatic carbocycles. The van der Waals surface area contributed by atoms with Crippen molar-refractivity contribution in [1.29, 1.82) is 0 Å². The first kappa shape index (κ1) is 20.2. The van der Waals surface area contributed by atoms with Crippen LogP contribution in [0.15, 0.2) is 29.8 Å². The van der Waals surface area contributed by atoms with Crippen molar-refractivity contribution in [2.75, 3.05) is 39.5 Å². The number of nitrogens with one attached hydrogen (secondary N) is 2. The molecule has 10 nitrogen and oxygen atoms in total. The van der Waals surface area contributed by atoms with E-state index >= 15 is 0 Å². The Morgan fingerprint density at radius 2 is 2.36 bits per heavy atom. The molecule has 3 rings (SSSR count). The molecule has 1 fully saturated rings. The largest absolute Gasteiger partial charge is 0.450 e. The minimum Gasteiger partial charge on any atom is -0.450 e. The van der Waals surface area contributed by atoms with Crippen LogP contribution in [0.1, 0.15) is 12.5 Å². The SMILES string of the molecule is CCOC(=O)NCCN1CC([N+](=O)[O-])=C2NCC(Cc3ccc(Cl)nc3)N2C1. The van der Waals surface area contributed by atoms with Crippen molar-refractivity contribution < 1.29 is 14.5 Å². The van der Waals surface area contributed by atoms with Gasteiger partial charge in [-0.05, 0) is 25.0 Å². The number of hydrogen-bond acceptors (Lipinski definition) is 8. The molecule has 0 saturated carbocycles. The monoisotopic (exact) mass is 410 g/mol. The zero-order chi connectivity index (χ0) is 20.1. The number of fused-ring (bicyclic) bond motifs is 1. The normalized spacial score (nSPS) is 19.2. The number of pyridine rings is 1. The van der Waals surface area contributed by atoms with Gasteiger partial charge in [0.05, 0.1) is 30.8 Å². The van der Waals surface area contributed by atoms with Gasteiger partial charge in [0.1, 0.15) is 5.15 Å². The van der Waals surface area contributed by atoms with E-state index in [4.69, 9.17) is 16.3 Å². The first-order chi connectivity index (χ1) is 13.5. The maximum Gasteiger partial charge on any atom is 0.407 e. The van der Waals surface area contributed by atoms with Crippen LogP contribution in [-0.4, -0.2) is 71.3 Å². The summed E-state index contributed by atoms with van der Waals surface area (Å²) in [5.41, 5.74) is 1.15. The number of hydrogen-bond donors (Lipinski definition) is 2. The van der Waals surface area contributed by atoms with Crippen molar-refractivity contribution in [3.8, 4) is 0 Å². The number of aromatic nitrogens is 1. The van der Waals surface area contributed by atoms with E-state index in [2.05, 4.69) is 15.6 Å². The van der Waals surface area contributed by atoms with E-state index in [1.54, 1.807) is 19.2 Å². The molecule has 1 aromatic rings. The lowest BCUT2D eigenvalue weighted by atomic mass is 10.1. The van der Waals surface area contributed by atoms with Gasteiger partial charge >= 0.3 is 6.09 Å². The average molecular weight is 411 g/mol. The summed E-state index contributed by atoms with van der Waals surface area (Å²) in [5, 5.41) is 17.8. The third-order valence-corrected chi connectivity index (χ3v) is 4.91.